The summed E-state index contributed by atoms with van der Waals surface area (Å²) in [6.07, 6.45) is 1.11. The van der Waals surface area contributed by atoms with Crippen LogP contribution in [0.4, 0.5) is 19.3 Å². The van der Waals surface area contributed by atoms with Crippen molar-refractivity contribution in [1.29, 1.82) is 0 Å². The maximum absolute atomic E-state index is 12.3. The summed E-state index contributed by atoms with van der Waals surface area (Å²) in [6, 6.07) is 3.98. The van der Waals surface area contributed by atoms with Crippen LogP contribution in [0.3, 0.4) is 0 Å². The van der Waals surface area contributed by atoms with Gasteiger partial charge in [0, 0.05) is 18.8 Å². The lowest BCUT2D eigenvalue weighted by Crippen LogP contribution is -2.44. The van der Waals surface area contributed by atoms with Gasteiger partial charge in [-0.3, -0.25) is 0 Å². The molecule has 22 heavy (non-hydrogen) atoms. The van der Waals surface area contributed by atoms with Crippen molar-refractivity contribution in [1.82, 2.24) is 4.90 Å². The van der Waals surface area contributed by atoms with E-state index in [4.69, 9.17) is 11.6 Å². The third kappa shape index (κ3) is 4.47. The lowest BCUT2D eigenvalue weighted by molar-refractivity contribution is -0.0497. The van der Waals surface area contributed by atoms with E-state index in [1.807, 2.05) is 0 Å². The van der Waals surface area contributed by atoms with E-state index in [0.29, 0.717) is 30.6 Å². The molecule has 1 aromatic rings. The number of carbonyl (C=O) groups is 1. The molecule has 1 N–H and O–H groups in total. The molecule has 0 aromatic heterocycles. The predicted octanol–water partition coefficient (Wildman–Crippen LogP) is 4.45. The van der Waals surface area contributed by atoms with E-state index in [1.54, 1.807) is 4.90 Å². The Balaban J connectivity index is 2.01. The van der Waals surface area contributed by atoms with E-state index in [1.165, 1.54) is 18.2 Å². The van der Waals surface area contributed by atoms with Gasteiger partial charge in [-0.2, -0.15) is 8.78 Å². The highest BCUT2D eigenvalue weighted by molar-refractivity contribution is 6.32. The summed E-state index contributed by atoms with van der Waals surface area (Å²) in [5.41, 5.74) is 0.447. The average Bonchev–Trinajstić information content (AvgIpc) is 2.40. The standard InChI is InChI=1S/C15H19ClF2N2O2/c1-9-5-10(2)8-20(7-9)15(21)19-11-3-4-13(12(16)6-11)22-14(17)18/h3-4,6,9-10,14H,5,7-8H2,1-2H3,(H,19,21)/t9-,10-/m0/s1. The van der Waals surface area contributed by atoms with Crippen molar-refractivity contribution in [3.05, 3.63) is 23.2 Å². The van der Waals surface area contributed by atoms with Gasteiger partial charge in [-0.05, 0) is 36.5 Å². The van der Waals surface area contributed by atoms with Gasteiger partial charge in [0.2, 0.25) is 0 Å². The molecule has 2 amide bonds. The Labute approximate surface area is 133 Å². The van der Waals surface area contributed by atoms with Crippen LogP contribution in [0.15, 0.2) is 18.2 Å². The molecule has 2 atom stereocenters. The Bertz CT molecular complexity index is 532. The van der Waals surface area contributed by atoms with Gasteiger partial charge in [0.25, 0.3) is 0 Å². The van der Waals surface area contributed by atoms with E-state index < -0.39 is 6.61 Å². The Hall–Kier alpha value is -1.56. The summed E-state index contributed by atoms with van der Waals surface area (Å²) in [5, 5.41) is 2.76. The second kappa shape index (κ2) is 7.13. The number of piperidine rings is 1. The number of nitrogens with one attached hydrogen (secondary N) is 1. The van der Waals surface area contributed by atoms with Crippen molar-refractivity contribution in [3.63, 3.8) is 0 Å². The number of carbonyl (C=O) groups excluding carboxylic acids is 1. The molecule has 0 unspecified atom stereocenters. The third-order valence-electron chi connectivity index (χ3n) is 3.56. The normalized spacial score (nSPS) is 21.8. The first-order valence-electron chi connectivity index (χ1n) is 7.15. The van der Waals surface area contributed by atoms with Crippen molar-refractivity contribution in [2.45, 2.75) is 26.9 Å². The van der Waals surface area contributed by atoms with Gasteiger partial charge in [0.05, 0.1) is 5.02 Å². The number of halogens is 3. The van der Waals surface area contributed by atoms with Crippen molar-refractivity contribution in [2.24, 2.45) is 11.8 Å². The first-order chi connectivity index (χ1) is 10.3. The molecule has 1 saturated heterocycles. The topological polar surface area (TPSA) is 41.6 Å². The fourth-order valence-electron chi connectivity index (χ4n) is 2.80. The summed E-state index contributed by atoms with van der Waals surface area (Å²) < 4.78 is 28.6. The van der Waals surface area contributed by atoms with E-state index >= 15 is 0 Å². The summed E-state index contributed by atoms with van der Waals surface area (Å²) in [5.74, 6) is 0.801. The van der Waals surface area contributed by atoms with Crippen molar-refractivity contribution in [3.8, 4) is 5.75 Å². The van der Waals surface area contributed by atoms with E-state index in [2.05, 4.69) is 23.9 Å². The molecule has 1 fully saturated rings. The molecule has 0 aliphatic carbocycles. The molecule has 122 valence electrons. The third-order valence-corrected chi connectivity index (χ3v) is 3.85. The number of nitrogens with zero attached hydrogens (tertiary/aromatic N) is 1. The monoisotopic (exact) mass is 332 g/mol. The molecule has 1 aliphatic heterocycles. The molecule has 0 radical (unpaired) electrons. The number of benzene rings is 1. The lowest BCUT2D eigenvalue weighted by Gasteiger charge is -2.34. The molecule has 1 aliphatic rings. The molecular weight excluding hydrogens is 314 g/mol. The number of amides is 2. The van der Waals surface area contributed by atoms with Gasteiger partial charge in [0.15, 0.2) is 0 Å². The largest absolute Gasteiger partial charge is 0.433 e. The molecule has 1 aromatic carbocycles. The van der Waals surface area contributed by atoms with Gasteiger partial charge in [-0.15, -0.1) is 0 Å². The number of hydrogen-bond donors (Lipinski definition) is 1. The zero-order chi connectivity index (χ0) is 16.3. The fraction of sp³-hybridized carbons (Fsp3) is 0.533. The van der Waals surface area contributed by atoms with Crippen LogP contribution in [0.1, 0.15) is 20.3 Å². The van der Waals surface area contributed by atoms with Crippen LogP contribution < -0.4 is 10.1 Å². The average molecular weight is 333 g/mol. The minimum atomic E-state index is -2.94. The van der Waals surface area contributed by atoms with Crippen molar-refractivity contribution >= 4 is 23.3 Å². The summed E-state index contributed by atoms with van der Waals surface area (Å²) in [4.78, 5) is 14.0. The number of alkyl halides is 2. The summed E-state index contributed by atoms with van der Waals surface area (Å²) in [6.45, 7) is 2.70. The highest BCUT2D eigenvalue weighted by Crippen LogP contribution is 2.29. The van der Waals surface area contributed by atoms with Gasteiger partial charge < -0.3 is 15.0 Å². The van der Waals surface area contributed by atoms with Gasteiger partial charge in [-0.1, -0.05) is 25.4 Å². The minimum absolute atomic E-state index is 0.0264. The maximum atomic E-state index is 12.3. The highest BCUT2D eigenvalue weighted by atomic mass is 35.5. The fourth-order valence-corrected chi connectivity index (χ4v) is 3.03. The number of urea groups is 1. The molecule has 7 heteroatoms. The Morgan fingerprint density at radius 1 is 1.36 bits per heavy atom. The summed E-state index contributed by atoms with van der Waals surface area (Å²) in [7, 11) is 0. The molecular formula is C15H19ClF2N2O2. The van der Waals surface area contributed by atoms with Crippen LogP contribution >= 0.6 is 11.6 Å². The van der Waals surface area contributed by atoms with E-state index in [-0.39, 0.29) is 16.8 Å². The predicted molar refractivity (Wildman–Crippen MR) is 81.6 cm³/mol. The number of likely N-dealkylation sites (tertiary alicyclic amines) is 1. The first-order valence-corrected chi connectivity index (χ1v) is 7.53. The minimum Gasteiger partial charge on any atom is -0.433 e. The highest BCUT2D eigenvalue weighted by Gasteiger charge is 2.25. The number of ether oxygens (including phenoxy) is 1. The van der Waals surface area contributed by atoms with Crippen LogP contribution in [0.5, 0.6) is 5.75 Å². The van der Waals surface area contributed by atoms with Gasteiger partial charge in [0.1, 0.15) is 5.75 Å². The molecule has 0 spiro atoms. The van der Waals surface area contributed by atoms with Crippen LogP contribution in [-0.2, 0) is 0 Å². The quantitative estimate of drug-likeness (QED) is 0.888. The second-order valence-corrected chi connectivity index (χ2v) is 6.21. The number of rotatable bonds is 3. The molecule has 4 nitrogen and oxygen atoms in total. The Kier molecular flexibility index (Phi) is 5.45. The SMILES string of the molecule is C[C@H]1C[C@H](C)CN(C(=O)Nc2ccc(OC(F)F)c(Cl)c2)C1. The van der Waals surface area contributed by atoms with E-state index in [0.717, 1.165) is 6.42 Å². The summed E-state index contributed by atoms with van der Waals surface area (Å²) >= 11 is 5.87. The lowest BCUT2D eigenvalue weighted by atomic mass is 9.92. The van der Waals surface area contributed by atoms with E-state index in [9.17, 15) is 13.6 Å². The van der Waals surface area contributed by atoms with Crippen LogP contribution in [-0.4, -0.2) is 30.6 Å². The van der Waals surface area contributed by atoms with Crippen LogP contribution in [0, 0.1) is 11.8 Å². The molecule has 0 saturated carbocycles. The number of anilines is 1. The molecule has 0 bridgehead atoms. The zero-order valence-corrected chi connectivity index (χ0v) is 13.2. The van der Waals surface area contributed by atoms with Crippen molar-refractivity contribution < 1.29 is 18.3 Å². The Morgan fingerprint density at radius 3 is 2.55 bits per heavy atom. The second-order valence-electron chi connectivity index (χ2n) is 5.80. The molecule has 1 heterocycles. The smallest absolute Gasteiger partial charge is 0.387 e. The number of hydrogen-bond acceptors (Lipinski definition) is 2. The first kappa shape index (κ1) is 16.8. The Morgan fingerprint density at radius 2 is 2.00 bits per heavy atom. The molecule has 2 rings (SSSR count). The van der Waals surface area contributed by atoms with Crippen molar-refractivity contribution in [2.75, 3.05) is 18.4 Å². The zero-order valence-electron chi connectivity index (χ0n) is 12.5. The maximum Gasteiger partial charge on any atom is 0.387 e. The van der Waals surface area contributed by atoms with Gasteiger partial charge in [-0.25, -0.2) is 4.79 Å². The van der Waals surface area contributed by atoms with Crippen LogP contribution in [0.25, 0.3) is 0 Å². The van der Waals surface area contributed by atoms with Gasteiger partial charge >= 0.3 is 12.6 Å². The van der Waals surface area contributed by atoms with Crippen LogP contribution in [0.2, 0.25) is 5.02 Å².